The standard InChI is InChI=1S/C19H24N4O2S/c1-13-17(26-14(2)21-13)19(25)23-11-10-22(12-16(23)18(20)24)9-8-15-6-4-3-5-7-15/h3-7,16H,8-12H2,1-2H3,(H2,20,24). The van der Waals surface area contributed by atoms with Gasteiger partial charge in [0.2, 0.25) is 5.91 Å². The molecule has 1 atom stereocenters. The molecule has 1 aliphatic rings. The lowest BCUT2D eigenvalue weighted by atomic mass is 10.1. The van der Waals surface area contributed by atoms with Crippen molar-refractivity contribution in [1.82, 2.24) is 14.8 Å². The Morgan fingerprint density at radius 1 is 1.23 bits per heavy atom. The van der Waals surface area contributed by atoms with Gasteiger partial charge in [0, 0.05) is 26.2 Å². The summed E-state index contributed by atoms with van der Waals surface area (Å²) in [7, 11) is 0. The molecule has 0 spiro atoms. The van der Waals surface area contributed by atoms with Crippen molar-refractivity contribution >= 4 is 23.2 Å². The first kappa shape index (κ1) is 18.5. The Bertz CT molecular complexity index is 790. The number of carbonyl (C=O) groups is 2. The summed E-state index contributed by atoms with van der Waals surface area (Å²) in [6, 6.07) is 9.64. The van der Waals surface area contributed by atoms with Gasteiger partial charge in [0.1, 0.15) is 10.9 Å². The molecule has 1 aliphatic heterocycles. The van der Waals surface area contributed by atoms with E-state index in [1.54, 1.807) is 4.90 Å². The number of hydrogen-bond acceptors (Lipinski definition) is 5. The number of rotatable bonds is 5. The molecular formula is C19H24N4O2S. The number of benzene rings is 1. The zero-order valence-corrected chi connectivity index (χ0v) is 16.0. The van der Waals surface area contributed by atoms with Gasteiger partial charge < -0.3 is 10.6 Å². The fraction of sp³-hybridized carbons (Fsp3) is 0.421. The number of primary amides is 1. The first-order valence-corrected chi connectivity index (χ1v) is 9.58. The number of amides is 2. The van der Waals surface area contributed by atoms with Crippen LogP contribution >= 0.6 is 11.3 Å². The molecule has 2 aromatic rings. The van der Waals surface area contributed by atoms with Crippen LogP contribution in [0.3, 0.4) is 0 Å². The van der Waals surface area contributed by atoms with E-state index < -0.39 is 11.9 Å². The van der Waals surface area contributed by atoms with Gasteiger partial charge in [-0.3, -0.25) is 14.5 Å². The molecule has 2 N–H and O–H groups in total. The van der Waals surface area contributed by atoms with Crippen molar-refractivity contribution in [2.24, 2.45) is 5.73 Å². The van der Waals surface area contributed by atoms with Crippen LogP contribution < -0.4 is 5.73 Å². The number of thiazole rings is 1. The van der Waals surface area contributed by atoms with Crippen LogP contribution in [0.4, 0.5) is 0 Å². The van der Waals surface area contributed by atoms with Crippen molar-refractivity contribution in [3.63, 3.8) is 0 Å². The van der Waals surface area contributed by atoms with E-state index >= 15 is 0 Å². The summed E-state index contributed by atoms with van der Waals surface area (Å²) in [4.78, 5) is 33.6. The summed E-state index contributed by atoms with van der Waals surface area (Å²) in [5.41, 5.74) is 7.59. The first-order valence-electron chi connectivity index (χ1n) is 8.76. The highest BCUT2D eigenvalue weighted by atomic mass is 32.1. The molecule has 1 aromatic heterocycles. The molecule has 7 heteroatoms. The first-order chi connectivity index (χ1) is 12.5. The molecule has 1 fully saturated rings. The third kappa shape index (κ3) is 4.11. The van der Waals surface area contributed by atoms with Crippen molar-refractivity contribution in [2.45, 2.75) is 26.3 Å². The maximum Gasteiger partial charge on any atom is 0.266 e. The van der Waals surface area contributed by atoms with Gasteiger partial charge in [0.25, 0.3) is 5.91 Å². The normalized spacial score (nSPS) is 18.1. The van der Waals surface area contributed by atoms with Crippen molar-refractivity contribution < 1.29 is 9.59 Å². The maximum absolute atomic E-state index is 12.9. The topological polar surface area (TPSA) is 79.5 Å². The van der Waals surface area contributed by atoms with E-state index in [1.165, 1.54) is 16.9 Å². The number of piperazine rings is 1. The van der Waals surface area contributed by atoms with Crippen LogP contribution in [0.5, 0.6) is 0 Å². The summed E-state index contributed by atoms with van der Waals surface area (Å²) in [6.45, 7) is 6.25. The highest BCUT2D eigenvalue weighted by Gasteiger charge is 2.35. The van der Waals surface area contributed by atoms with Crippen LogP contribution in [0.2, 0.25) is 0 Å². The number of nitrogens with two attached hydrogens (primary N) is 1. The number of aryl methyl sites for hydroxylation is 2. The van der Waals surface area contributed by atoms with Gasteiger partial charge in [-0.15, -0.1) is 11.3 Å². The third-order valence-corrected chi connectivity index (χ3v) is 5.77. The molecule has 6 nitrogen and oxygen atoms in total. The van der Waals surface area contributed by atoms with Crippen molar-refractivity contribution in [1.29, 1.82) is 0 Å². The fourth-order valence-electron chi connectivity index (χ4n) is 3.32. The number of aromatic nitrogens is 1. The van der Waals surface area contributed by atoms with Crippen molar-refractivity contribution in [2.75, 3.05) is 26.2 Å². The van der Waals surface area contributed by atoms with E-state index in [4.69, 9.17) is 5.73 Å². The second kappa shape index (κ2) is 7.97. The zero-order valence-electron chi connectivity index (χ0n) is 15.1. The minimum Gasteiger partial charge on any atom is -0.368 e. The van der Waals surface area contributed by atoms with Crippen molar-refractivity contribution in [3.05, 3.63) is 51.5 Å². The second-order valence-corrected chi connectivity index (χ2v) is 7.80. The Kier molecular flexibility index (Phi) is 5.68. The molecule has 26 heavy (non-hydrogen) atoms. The summed E-state index contributed by atoms with van der Waals surface area (Å²) in [5.74, 6) is -0.596. The molecule has 138 valence electrons. The van der Waals surface area contributed by atoms with Crippen LogP contribution in [-0.4, -0.2) is 58.8 Å². The molecule has 2 heterocycles. The molecule has 3 rings (SSSR count). The van der Waals surface area contributed by atoms with Crippen LogP contribution in [0.25, 0.3) is 0 Å². The average Bonchev–Trinajstić information content (AvgIpc) is 2.98. The molecule has 0 aliphatic carbocycles. The molecule has 0 bridgehead atoms. The highest BCUT2D eigenvalue weighted by molar-refractivity contribution is 7.13. The van der Waals surface area contributed by atoms with Crippen LogP contribution in [-0.2, 0) is 11.2 Å². The molecule has 1 unspecified atom stereocenters. The van der Waals surface area contributed by atoms with Gasteiger partial charge in [0.05, 0.1) is 10.7 Å². The Morgan fingerprint density at radius 3 is 2.58 bits per heavy atom. The van der Waals surface area contributed by atoms with E-state index in [0.717, 1.165) is 24.5 Å². The number of carbonyl (C=O) groups excluding carboxylic acids is 2. The van der Waals surface area contributed by atoms with Crippen LogP contribution in [0.15, 0.2) is 30.3 Å². The lowest BCUT2D eigenvalue weighted by Crippen LogP contribution is -2.60. The summed E-state index contributed by atoms with van der Waals surface area (Å²) >= 11 is 1.37. The zero-order chi connectivity index (χ0) is 18.7. The van der Waals surface area contributed by atoms with Gasteiger partial charge in [-0.1, -0.05) is 30.3 Å². The molecule has 2 amide bonds. The number of nitrogens with zero attached hydrogens (tertiary/aromatic N) is 3. The lowest BCUT2D eigenvalue weighted by Gasteiger charge is -2.39. The lowest BCUT2D eigenvalue weighted by molar-refractivity contribution is -0.124. The predicted molar refractivity (Wildman–Crippen MR) is 102 cm³/mol. The summed E-state index contributed by atoms with van der Waals surface area (Å²) in [6.07, 6.45) is 0.910. The van der Waals surface area contributed by atoms with Gasteiger partial charge in [0.15, 0.2) is 0 Å². The predicted octanol–water partition coefficient (Wildman–Crippen LogP) is 1.61. The largest absolute Gasteiger partial charge is 0.368 e. The minimum atomic E-state index is -0.603. The highest BCUT2D eigenvalue weighted by Crippen LogP contribution is 2.22. The molecule has 1 saturated heterocycles. The molecule has 1 aromatic carbocycles. The Balaban J connectivity index is 1.67. The summed E-state index contributed by atoms with van der Waals surface area (Å²) in [5, 5.41) is 0.850. The van der Waals surface area contributed by atoms with Gasteiger partial charge in [-0.2, -0.15) is 0 Å². The van der Waals surface area contributed by atoms with Gasteiger partial charge >= 0.3 is 0 Å². The Morgan fingerprint density at radius 2 is 1.96 bits per heavy atom. The smallest absolute Gasteiger partial charge is 0.266 e. The maximum atomic E-state index is 12.9. The van der Waals surface area contributed by atoms with Gasteiger partial charge in [-0.05, 0) is 25.8 Å². The Hall–Kier alpha value is -2.25. The molecular weight excluding hydrogens is 348 g/mol. The summed E-state index contributed by atoms with van der Waals surface area (Å²) < 4.78 is 0. The third-order valence-electron chi connectivity index (χ3n) is 4.71. The minimum absolute atomic E-state index is 0.139. The van der Waals surface area contributed by atoms with Crippen LogP contribution in [0.1, 0.15) is 25.9 Å². The van der Waals surface area contributed by atoms with Crippen LogP contribution in [0, 0.1) is 13.8 Å². The van der Waals surface area contributed by atoms with E-state index in [9.17, 15) is 9.59 Å². The van der Waals surface area contributed by atoms with E-state index in [0.29, 0.717) is 23.7 Å². The van der Waals surface area contributed by atoms with Crippen molar-refractivity contribution in [3.8, 4) is 0 Å². The molecule has 0 saturated carbocycles. The molecule has 0 radical (unpaired) electrons. The van der Waals surface area contributed by atoms with E-state index in [-0.39, 0.29) is 5.91 Å². The fourth-order valence-corrected chi connectivity index (χ4v) is 4.20. The number of hydrogen-bond donors (Lipinski definition) is 1. The van der Waals surface area contributed by atoms with E-state index in [1.807, 2.05) is 32.0 Å². The monoisotopic (exact) mass is 372 g/mol. The quantitative estimate of drug-likeness (QED) is 0.865. The van der Waals surface area contributed by atoms with Gasteiger partial charge in [-0.25, -0.2) is 4.98 Å². The second-order valence-electron chi connectivity index (χ2n) is 6.60. The SMILES string of the molecule is Cc1nc(C)c(C(=O)N2CCN(CCc3ccccc3)CC2C(N)=O)s1. The van der Waals surface area contributed by atoms with E-state index in [2.05, 4.69) is 22.0 Å². The Labute approximate surface area is 157 Å². The average molecular weight is 372 g/mol.